The summed E-state index contributed by atoms with van der Waals surface area (Å²) in [6.45, 7) is 1.71. The molecule has 5 rings (SSSR count). The van der Waals surface area contributed by atoms with Gasteiger partial charge in [-0.25, -0.2) is 0 Å². The van der Waals surface area contributed by atoms with Crippen molar-refractivity contribution in [3.05, 3.63) is 58.4 Å². The molecule has 1 aromatic carbocycles. The average Bonchev–Trinajstić information content (AvgIpc) is 3.89. The molecule has 1 aromatic heterocycles. The van der Waals surface area contributed by atoms with E-state index in [1.807, 2.05) is 0 Å². The molecular weight excluding hydrogens is 566 g/mol. The molecule has 14 heteroatoms. The van der Waals surface area contributed by atoms with Crippen LogP contribution in [-0.2, 0) is 12.4 Å². The quantitative estimate of drug-likeness (QED) is 0.384. The Hall–Kier alpha value is -3.42. The lowest BCUT2D eigenvalue weighted by atomic mass is 10.0. The fraction of sp³-hybridized carbons (Fsp3) is 0.571. The van der Waals surface area contributed by atoms with Crippen molar-refractivity contribution >= 4 is 17.6 Å². The highest BCUT2D eigenvalue weighted by Gasteiger charge is 2.40. The summed E-state index contributed by atoms with van der Waals surface area (Å²) in [4.78, 5) is 27.8. The van der Waals surface area contributed by atoms with Crippen molar-refractivity contribution in [1.82, 2.24) is 20.4 Å². The van der Waals surface area contributed by atoms with Crippen LogP contribution in [0.2, 0.25) is 0 Å². The van der Waals surface area contributed by atoms with E-state index in [1.54, 1.807) is 11.0 Å². The summed E-state index contributed by atoms with van der Waals surface area (Å²) >= 11 is 0. The molecule has 42 heavy (non-hydrogen) atoms. The standard InChI is InChI=1S/C23H23F6N5O2.C5H10N/c24-22(25,26)15-3-4-16(17(13-15)23(27,28)29)21(36)34-11-9-33(10-12-34)19-6-5-18(31-32-19)20(35)30-8-7-14-1-2-14;6-4-3-5-1-2-5/h3-6,13-14H,1-2,7-12H2,(H,30,35);5-6H,1-4H2/q;-1. The Kier molecular flexibility index (Phi) is 9.95. The number of hydrogen-bond donors (Lipinski definition) is 1. The summed E-state index contributed by atoms with van der Waals surface area (Å²) in [7, 11) is 0. The van der Waals surface area contributed by atoms with E-state index >= 15 is 0 Å². The zero-order valence-corrected chi connectivity index (χ0v) is 22.9. The van der Waals surface area contributed by atoms with Crippen molar-refractivity contribution in [2.75, 3.05) is 44.2 Å². The molecule has 2 amide bonds. The first-order chi connectivity index (χ1) is 19.9. The number of carbonyl (C=O) groups is 2. The number of hydrogen-bond acceptors (Lipinski definition) is 5. The van der Waals surface area contributed by atoms with Crippen LogP contribution in [0.4, 0.5) is 32.2 Å². The molecule has 2 N–H and O–H groups in total. The normalized spacial score (nSPS) is 17.4. The second-order valence-electron chi connectivity index (χ2n) is 10.8. The Balaban J connectivity index is 0.000000600. The molecule has 2 aliphatic carbocycles. The zero-order chi connectivity index (χ0) is 30.5. The molecule has 0 atom stereocenters. The number of anilines is 1. The number of halogens is 6. The van der Waals surface area contributed by atoms with E-state index in [1.165, 1.54) is 31.7 Å². The molecule has 0 unspecified atom stereocenters. The summed E-state index contributed by atoms with van der Waals surface area (Å²) in [6.07, 6.45) is -2.83. The van der Waals surface area contributed by atoms with Crippen molar-refractivity contribution in [1.29, 1.82) is 0 Å². The summed E-state index contributed by atoms with van der Waals surface area (Å²) in [5.41, 5.74) is 3.00. The van der Waals surface area contributed by atoms with E-state index in [2.05, 4.69) is 15.5 Å². The number of piperazine rings is 1. The van der Waals surface area contributed by atoms with Crippen LogP contribution < -0.4 is 10.2 Å². The van der Waals surface area contributed by atoms with Gasteiger partial charge in [0.2, 0.25) is 0 Å². The van der Waals surface area contributed by atoms with E-state index in [4.69, 9.17) is 5.73 Å². The first-order valence-corrected chi connectivity index (χ1v) is 14.0. The van der Waals surface area contributed by atoms with E-state index < -0.39 is 35.0 Å². The van der Waals surface area contributed by atoms with Crippen LogP contribution >= 0.6 is 0 Å². The molecule has 0 spiro atoms. The first-order valence-electron chi connectivity index (χ1n) is 14.0. The fourth-order valence-corrected chi connectivity index (χ4v) is 4.56. The SMILES string of the molecule is O=C(NCCC1CC1)c1ccc(N2CCN(C(=O)c3ccc(C(F)(F)F)cc3C(F)(F)F)CC2)nn1.[NH-]CCC1CC1. The van der Waals surface area contributed by atoms with Gasteiger partial charge in [0.1, 0.15) is 0 Å². The summed E-state index contributed by atoms with van der Waals surface area (Å²) < 4.78 is 79.0. The Labute approximate surface area is 239 Å². The van der Waals surface area contributed by atoms with Crippen molar-refractivity contribution in [2.45, 2.75) is 50.9 Å². The third kappa shape index (κ3) is 8.79. The molecule has 0 radical (unpaired) electrons. The summed E-state index contributed by atoms with van der Waals surface area (Å²) in [6, 6.07) is 4.11. The second kappa shape index (κ2) is 13.3. The van der Waals surface area contributed by atoms with Gasteiger partial charge in [0.25, 0.3) is 11.8 Å². The Bertz CT molecular complexity index is 1220. The minimum absolute atomic E-state index is 0.0300. The largest absolute Gasteiger partial charge is 0.677 e. The molecule has 1 saturated heterocycles. The maximum absolute atomic E-state index is 13.4. The number of benzene rings is 1. The van der Waals surface area contributed by atoms with Crippen LogP contribution in [0.1, 0.15) is 70.5 Å². The van der Waals surface area contributed by atoms with Gasteiger partial charge >= 0.3 is 12.4 Å². The molecule has 230 valence electrons. The van der Waals surface area contributed by atoms with Crippen molar-refractivity contribution < 1.29 is 35.9 Å². The van der Waals surface area contributed by atoms with Crippen LogP contribution in [0.25, 0.3) is 5.73 Å². The average molecular weight is 600 g/mol. The van der Waals surface area contributed by atoms with Crippen molar-refractivity contribution in [3.63, 3.8) is 0 Å². The fourth-order valence-electron chi connectivity index (χ4n) is 4.56. The van der Waals surface area contributed by atoms with Crippen LogP contribution in [-0.4, -0.2) is 66.2 Å². The van der Waals surface area contributed by atoms with Gasteiger partial charge in [-0.3, -0.25) is 9.59 Å². The highest BCUT2D eigenvalue weighted by atomic mass is 19.4. The number of nitrogens with zero attached hydrogens (tertiary/aromatic N) is 4. The molecular formula is C28H33F6N6O2-. The number of rotatable bonds is 8. The third-order valence-corrected chi connectivity index (χ3v) is 7.44. The monoisotopic (exact) mass is 599 g/mol. The topological polar surface area (TPSA) is 102 Å². The number of amides is 2. The predicted octanol–water partition coefficient (Wildman–Crippen LogP) is 5.85. The van der Waals surface area contributed by atoms with E-state index in [-0.39, 0.29) is 43.8 Å². The van der Waals surface area contributed by atoms with Gasteiger partial charge in [-0.2, -0.15) is 32.9 Å². The van der Waals surface area contributed by atoms with E-state index in [0.717, 1.165) is 23.7 Å². The zero-order valence-electron chi connectivity index (χ0n) is 22.9. The number of carbonyl (C=O) groups excluding carboxylic acids is 2. The predicted molar refractivity (Wildman–Crippen MR) is 143 cm³/mol. The van der Waals surface area contributed by atoms with Gasteiger partial charge in [-0.1, -0.05) is 32.1 Å². The molecule has 0 bridgehead atoms. The number of aromatic nitrogens is 2. The summed E-state index contributed by atoms with van der Waals surface area (Å²) in [5, 5.41) is 10.8. The van der Waals surface area contributed by atoms with Crippen molar-refractivity contribution in [3.8, 4) is 0 Å². The van der Waals surface area contributed by atoms with Gasteiger partial charge in [0, 0.05) is 32.7 Å². The van der Waals surface area contributed by atoms with Gasteiger partial charge < -0.3 is 20.9 Å². The Morgan fingerprint density at radius 1 is 0.857 bits per heavy atom. The second-order valence-corrected chi connectivity index (χ2v) is 10.8. The summed E-state index contributed by atoms with van der Waals surface area (Å²) in [5.74, 6) is 0.746. The minimum Gasteiger partial charge on any atom is -0.677 e. The van der Waals surface area contributed by atoms with Crippen LogP contribution in [0.15, 0.2) is 30.3 Å². The molecule has 2 aromatic rings. The van der Waals surface area contributed by atoms with Gasteiger partial charge in [-0.05, 0) is 48.6 Å². The van der Waals surface area contributed by atoms with Crippen LogP contribution in [0, 0.1) is 11.8 Å². The first kappa shape index (κ1) is 31.5. The van der Waals surface area contributed by atoms with Gasteiger partial charge in [0.15, 0.2) is 11.5 Å². The maximum atomic E-state index is 13.4. The highest BCUT2D eigenvalue weighted by molar-refractivity contribution is 5.96. The van der Waals surface area contributed by atoms with E-state index in [9.17, 15) is 35.9 Å². The molecule has 2 saturated carbocycles. The van der Waals surface area contributed by atoms with Gasteiger partial charge in [-0.15, -0.1) is 10.2 Å². The highest BCUT2D eigenvalue weighted by Crippen LogP contribution is 2.38. The molecule has 3 aliphatic rings. The smallest absolute Gasteiger partial charge is 0.417 e. The lowest BCUT2D eigenvalue weighted by Gasteiger charge is -2.35. The maximum Gasteiger partial charge on any atom is 0.417 e. The minimum atomic E-state index is -5.13. The molecule has 1 aliphatic heterocycles. The molecule has 8 nitrogen and oxygen atoms in total. The lowest BCUT2D eigenvalue weighted by molar-refractivity contribution is -0.143. The molecule has 2 heterocycles. The Morgan fingerprint density at radius 2 is 1.50 bits per heavy atom. The van der Waals surface area contributed by atoms with Crippen LogP contribution in [0.5, 0.6) is 0 Å². The van der Waals surface area contributed by atoms with Crippen LogP contribution in [0.3, 0.4) is 0 Å². The third-order valence-electron chi connectivity index (χ3n) is 7.44. The Morgan fingerprint density at radius 3 is 2.00 bits per heavy atom. The van der Waals surface area contributed by atoms with E-state index in [0.29, 0.717) is 37.0 Å². The van der Waals surface area contributed by atoms with Crippen molar-refractivity contribution in [2.24, 2.45) is 11.8 Å². The number of nitrogens with one attached hydrogen (secondary N) is 2. The number of alkyl halides is 6. The lowest BCUT2D eigenvalue weighted by Crippen LogP contribution is -2.49. The molecule has 3 fully saturated rings. The van der Waals surface area contributed by atoms with Gasteiger partial charge in [0.05, 0.1) is 16.7 Å².